The number of hydrogen-bond donors (Lipinski definition) is 1. The van der Waals surface area contributed by atoms with E-state index in [1.54, 1.807) is 11.8 Å². The van der Waals surface area contributed by atoms with Gasteiger partial charge in [0.1, 0.15) is 5.82 Å². The SMILES string of the molecule is CSc1ccc(-c2noc(CCCCc3nc4ccccc4[nH]3)n2)cc1. The number of unbranched alkanes of at least 4 members (excludes halogenated alkanes) is 1. The summed E-state index contributed by atoms with van der Waals surface area (Å²) in [6.45, 7) is 0. The van der Waals surface area contributed by atoms with Gasteiger partial charge < -0.3 is 9.51 Å². The fraction of sp³-hybridized carbons (Fsp3) is 0.250. The van der Waals surface area contributed by atoms with E-state index in [1.165, 1.54) is 4.90 Å². The number of aromatic amines is 1. The second-order valence-electron chi connectivity index (χ2n) is 6.15. The lowest BCUT2D eigenvalue weighted by atomic mass is 10.2. The monoisotopic (exact) mass is 364 g/mol. The largest absolute Gasteiger partial charge is 0.342 e. The first kappa shape index (κ1) is 16.8. The zero-order chi connectivity index (χ0) is 17.8. The van der Waals surface area contributed by atoms with Crippen molar-refractivity contribution in [3.63, 3.8) is 0 Å². The van der Waals surface area contributed by atoms with Crippen molar-refractivity contribution in [2.24, 2.45) is 0 Å². The van der Waals surface area contributed by atoms with Crippen LogP contribution in [0, 0.1) is 0 Å². The van der Waals surface area contributed by atoms with E-state index in [0.717, 1.165) is 48.1 Å². The summed E-state index contributed by atoms with van der Waals surface area (Å²) in [5.41, 5.74) is 3.10. The summed E-state index contributed by atoms with van der Waals surface area (Å²) in [6.07, 6.45) is 5.79. The maximum absolute atomic E-state index is 5.39. The molecule has 2 aromatic heterocycles. The van der Waals surface area contributed by atoms with Gasteiger partial charge in [0.25, 0.3) is 0 Å². The Morgan fingerprint density at radius 2 is 1.77 bits per heavy atom. The van der Waals surface area contributed by atoms with Crippen molar-refractivity contribution in [1.82, 2.24) is 20.1 Å². The summed E-state index contributed by atoms with van der Waals surface area (Å²) in [5, 5.41) is 4.10. The van der Waals surface area contributed by atoms with E-state index in [4.69, 9.17) is 4.52 Å². The number of thioether (sulfide) groups is 1. The third-order valence-electron chi connectivity index (χ3n) is 4.31. The maximum Gasteiger partial charge on any atom is 0.226 e. The fourth-order valence-corrected chi connectivity index (χ4v) is 3.31. The summed E-state index contributed by atoms with van der Waals surface area (Å²) in [7, 11) is 0. The molecule has 0 unspecified atom stereocenters. The second kappa shape index (κ2) is 7.74. The number of para-hydroxylation sites is 2. The van der Waals surface area contributed by atoms with Gasteiger partial charge in [0, 0.05) is 23.3 Å². The predicted molar refractivity (Wildman–Crippen MR) is 104 cm³/mol. The molecule has 0 amide bonds. The molecule has 0 spiro atoms. The number of nitrogens with one attached hydrogen (secondary N) is 1. The van der Waals surface area contributed by atoms with Crippen LogP contribution in [0.25, 0.3) is 22.4 Å². The second-order valence-corrected chi connectivity index (χ2v) is 7.03. The van der Waals surface area contributed by atoms with Crippen molar-refractivity contribution >= 4 is 22.8 Å². The van der Waals surface area contributed by atoms with Crippen LogP contribution in [0.4, 0.5) is 0 Å². The van der Waals surface area contributed by atoms with Crippen molar-refractivity contribution < 1.29 is 4.52 Å². The number of H-pyrrole nitrogens is 1. The summed E-state index contributed by atoms with van der Waals surface area (Å²) in [4.78, 5) is 13.7. The summed E-state index contributed by atoms with van der Waals surface area (Å²) in [6, 6.07) is 16.3. The van der Waals surface area contributed by atoms with E-state index < -0.39 is 0 Å². The molecule has 6 heteroatoms. The number of fused-ring (bicyclic) bond motifs is 1. The third kappa shape index (κ3) is 3.80. The van der Waals surface area contributed by atoms with Gasteiger partial charge in [-0.2, -0.15) is 4.98 Å². The van der Waals surface area contributed by atoms with Crippen molar-refractivity contribution in [3.05, 3.63) is 60.2 Å². The number of benzene rings is 2. The minimum atomic E-state index is 0.657. The Labute approximate surface area is 156 Å². The lowest BCUT2D eigenvalue weighted by molar-refractivity contribution is 0.374. The average Bonchev–Trinajstić information content (AvgIpc) is 3.32. The molecule has 2 aromatic carbocycles. The van der Waals surface area contributed by atoms with Crippen LogP contribution in [0.3, 0.4) is 0 Å². The molecule has 0 aliphatic heterocycles. The number of aryl methyl sites for hydroxylation is 2. The van der Waals surface area contributed by atoms with Gasteiger partial charge in [0.2, 0.25) is 11.7 Å². The van der Waals surface area contributed by atoms with Crippen molar-refractivity contribution in [3.8, 4) is 11.4 Å². The van der Waals surface area contributed by atoms with Gasteiger partial charge in [-0.25, -0.2) is 4.98 Å². The minimum Gasteiger partial charge on any atom is -0.342 e. The van der Waals surface area contributed by atoms with Gasteiger partial charge in [0.15, 0.2) is 0 Å². The van der Waals surface area contributed by atoms with E-state index in [0.29, 0.717) is 11.7 Å². The number of aromatic nitrogens is 4. The third-order valence-corrected chi connectivity index (χ3v) is 5.05. The van der Waals surface area contributed by atoms with Crippen molar-refractivity contribution in [2.75, 3.05) is 6.26 Å². The quantitative estimate of drug-likeness (QED) is 0.373. The molecule has 0 aliphatic rings. The number of nitrogens with zero attached hydrogens (tertiary/aromatic N) is 3. The number of imidazole rings is 1. The molecule has 1 N–H and O–H groups in total. The minimum absolute atomic E-state index is 0.657. The molecule has 4 rings (SSSR count). The first-order chi connectivity index (χ1) is 12.8. The van der Waals surface area contributed by atoms with Gasteiger partial charge >= 0.3 is 0 Å². The van der Waals surface area contributed by atoms with E-state index in [2.05, 4.69) is 44.6 Å². The summed E-state index contributed by atoms with van der Waals surface area (Å²) < 4.78 is 5.39. The van der Waals surface area contributed by atoms with E-state index in [-0.39, 0.29) is 0 Å². The number of rotatable bonds is 7. The Morgan fingerprint density at radius 1 is 0.962 bits per heavy atom. The van der Waals surface area contributed by atoms with E-state index in [1.807, 2.05) is 30.3 Å². The average molecular weight is 364 g/mol. The lowest BCUT2D eigenvalue weighted by Gasteiger charge is -1.97. The highest BCUT2D eigenvalue weighted by Gasteiger charge is 2.09. The zero-order valence-corrected chi connectivity index (χ0v) is 15.4. The standard InChI is InChI=1S/C20H20N4OS/c1-26-15-12-10-14(11-13-15)20-23-19(25-24-20)9-5-4-8-18-21-16-6-2-3-7-17(16)22-18/h2-3,6-7,10-13H,4-5,8-9H2,1H3,(H,21,22). The molecule has 0 fully saturated rings. The van der Waals surface area contributed by atoms with Crippen LogP contribution >= 0.6 is 11.8 Å². The molecule has 0 saturated heterocycles. The van der Waals surface area contributed by atoms with E-state index >= 15 is 0 Å². The highest BCUT2D eigenvalue weighted by atomic mass is 32.2. The molecule has 0 atom stereocenters. The number of hydrogen-bond acceptors (Lipinski definition) is 5. The topological polar surface area (TPSA) is 67.6 Å². The van der Waals surface area contributed by atoms with Gasteiger partial charge in [-0.3, -0.25) is 0 Å². The molecular weight excluding hydrogens is 344 g/mol. The van der Waals surface area contributed by atoms with Crippen molar-refractivity contribution in [1.29, 1.82) is 0 Å². The molecule has 26 heavy (non-hydrogen) atoms. The molecule has 0 radical (unpaired) electrons. The zero-order valence-electron chi connectivity index (χ0n) is 14.6. The van der Waals surface area contributed by atoms with Gasteiger partial charge in [0.05, 0.1) is 11.0 Å². The Bertz CT molecular complexity index is 957. The first-order valence-corrected chi connectivity index (χ1v) is 9.95. The predicted octanol–water partition coefficient (Wildman–Crippen LogP) is 4.90. The smallest absolute Gasteiger partial charge is 0.226 e. The molecule has 0 aliphatic carbocycles. The van der Waals surface area contributed by atoms with Crippen molar-refractivity contribution in [2.45, 2.75) is 30.6 Å². The van der Waals surface area contributed by atoms with Crippen LogP contribution in [0.5, 0.6) is 0 Å². The molecule has 4 aromatic rings. The van der Waals surface area contributed by atoms with Gasteiger partial charge in [-0.15, -0.1) is 11.8 Å². The maximum atomic E-state index is 5.39. The van der Waals surface area contributed by atoms with Crippen LogP contribution in [-0.4, -0.2) is 26.4 Å². The molecule has 132 valence electrons. The molecule has 2 heterocycles. The van der Waals surface area contributed by atoms with Gasteiger partial charge in [-0.05, 0) is 55.5 Å². The fourth-order valence-electron chi connectivity index (χ4n) is 2.91. The van der Waals surface area contributed by atoms with E-state index in [9.17, 15) is 0 Å². The van der Waals surface area contributed by atoms with Crippen LogP contribution < -0.4 is 0 Å². The molecule has 0 bridgehead atoms. The Hall–Kier alpha value is -2.60. The Kier molecular flexibility index (Phi) is 5.02. The Balaban J connectivity index is 1.30. The molecule has 5 nitrogen and oxygen atoms in total. The van der Waals surface area contributed by atoms with Gasteiger partial charge in [-0.1, -0.05) is 17.3 Å². The highest BCUT2D eigenvalue weighted by molar-refractivity contribution is 7.98. The summed E-state index contributed by atoms with van der Waals surface area (Å²) in [5.74, 6) is 2.38. The molecular formula is C20H20N4OS. The normalized spacial score (nSPS) is 11.3. The summed E-state index contributed by atoms with van der Waals surface area (Å²) >= 11 is 1.72. The first-order valence-electron chi connectivity index (χ1n) is 8.72. The van der Waals surface area contributed by atoms with Crippen LogP contribution in [0.2, 0.25) is 0 Å². The van der Waals surface area contributed by atoms with Crippen LogP contribution in [0.15, 0.2) is 57.9 Å². The Morgan fingerprint density at radius 3 is 2.58 bits per heavy atom. The highest BCUT2D eigenvalue weighted by Crippen LogP contribution is 2.21. The lowest BCUT2D eigenvalue weighted by Crippen LogP contribution is -1.91. The molecule has 0 saturated carbocycles. The van der Waals surface area contributed by atoms with Crippen LogP contribution in [0.1, 0.15) is 24.6 Å². The van der Waals surface area contributed by atoms with Crippen LogP contribution in [-0.2, 0) is 12.8 Å².